The van der Waals surface area contributed by atoms with Crippen LogP contribution in [-0.4, -0.2) is 60.9 Å². The molecule has 0 aliphatic carbocycles. The van der Waals surface area contributed by atoms with Crippen molar-refractivity contribution in [3.8, 4) is 0 Å². The average Bonchev–Trinajstić information content (AvgIpc) is 2.47. The maximum Gasteiger partial charge on any atom is 0.336 e. The number of sulfonamides is 1. The Morgan fingerprint density at radius 1 is 1.23 bits per heavy atom. The van der Waals surface area contributed by atoms with Gasteiger partial charge in [-0.15, -0.1) is 0 Å². The van der Waals surface area contributed by atoms with Crippen molar-refractivity contribution in [1.82, 2.24) is 9.21 Å². The minimum Gasteiger partial charge on any atom is -0.478 e. The molecule has 0 bridgehead atoms. The molecule has 1 heterocycles. The number of aromatic carboxylic acids is 1. The SMILES string of the molecule is CC(C)N1CCN(S(=O)(=O)c2ccc(Br)c(C(=O)O)c2)CC1. The molecule has 1 N–H and O–H groups in total. The number of carboxylic acid groups (broad SMARTS) is 1. The summed E-state index contributed by atoms with van der Waals surface area (Å²) in [6, 6.07) is 4.48. The second kappa shape index (κ2) is 6.66. The molecule has 122 valence electrons. The van der Waals surface area contributed by atoms with E-state index >= 15 is 0 Å². The average molecular weight is 391 g/mol. The van der Waals surface area contributed by atoms with Gasteiger partial charge in [0.25, 0.3) is 0 Å². The fraction of sp³-hybridized carbons (Fsp3) is 0.500. The molecule has 0 aromatic heterocycles. The van der Waals surface area contributed by atoms with E-state index in [1.54, 1.807) is 0 Å². The molecule has 8 heteroatoms. The molecule has 1 saturated heterocycles. The second-order valence-electron chi connectivity index (χ2n) is 5.48. The summed E-state index contributed by atoms with van der Waals surface area (Å²) in [5, 5.41) is 9.12. The summed E-state index contributed by atoms with van der Waals surface area (Å²) in [5.74, 6) is -1.16. The Hall–Kier alpha value is -0.960. The summed E-state index contributed by atoms with van der Waals surface area (Å²) in [5.41, 5.74) is -0.0538. The number of benzene rings is 1. The van der Waals surface area contributed by atoms with Crippen molar-refractivity contribution in [2.75, 3.05) is 26.2 Å². The van der Waals surface area contributed by atoms with Gasteiger partial charge in [-0.25, -0.2) is 13.2 Å². The highest BCUT2D eigenvalue weighted by Gasteiger charge is 2.30. The van der Waals surface area contributed by atoms with Crippen LogP contribution in [0.5, 0.6) is 0 Å². The maximum atomic E-state index is 12.6. The third-order valence-electron chi connectivity index (χ3n) is 3.81. The molecular formula is C14H19BrN2O4S. The minimum absolute atomic E-state index is 0.0195. The predicted molar refractivity (Wildman–Crippen MR) is 86.6 cm³/mol. The van der Waals surface area contributed by atoms with Crippen LogP contribution in [0.25, 0.3) is 0 Å². The quantitative estimate of drug-likeness (QED) is 0.848. The van der Waals surface area contributed by atoms with Crippen molar-refractivity contribution in [3.05, 3.63) is 28.2 Å². The van der Waals surface area contributed by atoms with Gasteiger partial charge < -0.3 is 5.11 Å². The van der Waals surface area contributed by atoms with Crippen LogP contribution in [0, 0.1) is 0 Å². The standard InChI is InChI=1S/C14H19BrN2O4S/c1-10(2)16-5-7-17(8-6-16)22(20,21)11-3-4-13(15)12(9-11)14(18)19/h3-4,9-10H,5-8H2,1-2H3,(H,18,19). The molecule has 0 unspecified atom stereocenters. The van der Waals surface area contributed by atoms with Gasteiger partial charge in [0.2, 0.25) is 10.0 Å². The normalized spacial score (nSPS) is 17.8. The van der Waals surface area contributed by atoms with E-state index in [2.05, 4.69) is 34.7 Å². The minimum atomic E-state index is -3.66. The van der Waals surface area contributed by atoms with Crippen LogP contribution in [0.4, 0.5) is 0 Å². The van der Waals surface area contributed by atoms with Crippen LogP contribution < -0.4 is 0 Å². The van der Waals surface area contributed by atoms with Gasteiger partial charge in [0.15, 0.2) is 0 Å². The van der Waals surface area contributed by atoms with E-state index in [-0.39, 0.29) is 10.5 Å². The molecule has 22 heavy (non-hydrogen) atoms. The van der Waals surface area contributed by atoms with Crippen molar-refractivity contribution in [2.45, 2.75) is 24.8 Å². The van der Waals surface area contributed by atoms with Gasteiger partial charge in [0.05, 0.1) is 10.5 Å². The highest BCUT2D eigenvalue weighted by Crippen LogP contribution is 2.24. The zero-order valence-electron chi connectivity index (χ0n) is 12.5. The number of hydrogen-bond donors (Lipinski definition) is 1. The summed E-state index contributed by atoms with van der Waals surface area (Å²) in [4.78, 5) is 13.4. The first kappa shape index (κ1) is 17.4. The van der Waals surface area contributed by atoms with Crippen molar-refractivity contribution < 1.29 is 18.3 Å². The van der Waals surface area contributed by atoms with Gasteiger partial charge in [-0.2, -0.15) is 4.31 Å². The van der Waals surface area contributed by atoms with Crippen molar-refractivity contribution in [1.29, 1.82) is 0 Å². The smallest absolute Gasteiger partial charge is 0.336 e. The van der Waals surface area contributed by atoms with E-state index in [1.807, 2.05) is 0 Å². The topological polar surface area (TPSA) is 77.9 Å². The molecule has 1 fully saturated rings. The molecule has 0 radical (unpaired) electrons. The molecule has 1 aromatic carbocycles. The third kappa shape index (κ3) is 3.51. The Kier molecular flexibility index (Phi) is 5.26. The summed E-state index contributed by atoms with van der Waals surface area (Å²) in [7, 11) is -3.66. The Balaban J connectivity index is 2.25. The Morgan fingerprint density at radius 2 is 1.82 bits per heavy atom. The van der Waals surface area contributed by atoms with Gasteiger partial charge in [-0.3, -0.25) is 4.90 Å². The van der Waals surface area contributed by atoms with Crippen LogP contribution in [0.1, 0.15) is 24.2 Å². The Labute approximate surface area is 138 Å². The van der Waals surface area contributed by atoms with Gasteiger partial charge in [-0.1, -0.05) is 0 Å². The van der Waals surface area contributed by atoms with E-state index in [0.29, 0.717) is 36.7 Å². The summed E-state index contributed by atoms with van der Waals surface area (Å²) in [6.07, 6.45) is 0. The van der Waals surface area contributed by atoms with Crippen LogP contribution >= 0.6 is 15.9 Å². The fourth-order valence-corrected chi connectivity index (χ4v) is 4.30. The zero-order valence-corrected chi connectivity index (χ0v) is 14.9. The van der Waals surface area contributed by atoms with E-state index in [0.717, 1.165) is 0 Å². The number of carboxylic acids is 1. The van der Waals surface area contributed by atoms with E-state index in [9.17, 15) is 13.2 Å². The highest BCUT2D eigenvalue weighted by atomic mass is 79.9. The van der Waals surface area contributed by atoms with Gasteiger partial charge in [0, 0.05) is 36.7 Å². The number of carbonyl (C=O) groups is 1. The van der Waals surface area contributed by atoms with Crippen LogP contribution in [-0.2, 0) is 10.0 Å². The molecule has 1 aliphatic rings. The molecule has 1 aromatic rings. The summed E-state index contributed by atoms with van der Waals surface area (Å²) >= 11 is 3.12. The van der Waals surface area contributed by atoms with Crippen LogP contribution in [0.2, 0.25) is 0 Å². The predicted octanol–water partition coefficient (Wildman–Crippen LogP) is 1.86. The van der Waals surface area contributed by atoms with Crippen molar-refractivity contribution in [3.63, 3.8) is 0 Å². The zero-order chi connectivity index (χ0) is 16.5. The Morgan fingerprint density at radius 3 is 2.32 bits per heavy atom. The molecule has 2 rings (SSSR count). The number of hydrogen-bond acceptors (Lipinski definition) is 4. The molecule has 0 spiro atoms. The van der Waals surface area contributed by atoms with Gasteiger partial charge in [0.1, 0.15) is 0 Å². The first-order chi connectivity index (χ1) is 10.2. The lowest BCUT2D eigenvalue weighted by atomic mass is 10.2. The molecular weight excluding hydrogens is 372 g/mol. The monoisotopic (exact) mass is 390 g/mol. The first-order valence-corrected chi connectivity index (χ1v) is 9.24. The van der Waals surface area contributed by atoms with Crippen LogP contribution in [0.3, 0.4) is 0 Å². The first-order valence-electron chi connectivity index (χ1n) is 7.00. The van der Waals surface area contributed by atoms with E-state index < -0.39 is 16.0 Å². The number of halogens is 1. The van der Waals surface area contributed by atoms with Gasteiger partial charge >= 0.3 is 5.97 Å². The van der Waals surface area contributed by atoms with E-state index in [1.165, 1.54) is 22.5 Å². The second-order valence-corrected chi connectivity index (χ2v) is 8.27. The summed E-state index contributed by atoms with van der Waals surface area (Å²) in [6.45, 7) is 6.35. The maximum absolute atomic E-state index is 12.6. The summed E-state index contributed by atoms with van der Waals surface area (Å²) < 4.78 is 27.1. The van der Waals surface area contributed by atoms with Gasteiger partial charge in [-0.05, 0) is 48.0 Å². The molecule has 0 saturated carbocycles. The highest BCUT2D eigenvalue weighted by molar-refractivity contribution is 9.10. The van der Waals surface area contributed by atoms with Crippen LogP contribution in [0.15, 0.2) is 27.6 Å². The van der Waals surface area contributed by atoms with Crippen molar-refractivity contribution in [2.24, 2.45) is 0 Å². The number of nitrogens with zero attached hydrogens (tertiary/aromatic N) is 2. The molecule has 0 atom stereocenters. The molecule has 6 nitrogen and oxygen atoms in total. The lowest BCUT2D eigenvalue weighted by Crippen LogP contribution is -2.50. The lowest BCUT2D eigenvalue weighted by Gasteiger charge is -2.36. The fourth-order valence-electron chi connectivity index (χ4n) is 2.44. The molecule has 0 amide bonds. The largest absolute Gasteiger partial charge is 0.478 e. The molecule has 1 aliphatic heterocycles. The number of rotatable bonds is 4. The number of piperazine rings is 1. The third-order valence-corrected chi connectivity index (χ3v) is 6.40. The lowest BCUT2D eigenvalue weighted by molar-refractivity contribution is 0.0695. The Bertz CT molecular complexity index is 667. The van der Waals surface area contributed by atoms with E-state index in [4.69, 9.17) is 5.11 Å². The van der Waals surface area contributed by atoms with Crippen molar-refractivity contribution >= 4 is 31.9 Å².